The first-order valence-corrected chi connectivity index (χ1v) is 11.6. The molecule has 8 nitrogen and oxygen atoms in total. The molecule has 2 fully saturated rings. The molecule has 180 valence electrons. The molecule has 2 saturated heterocycles. The Labute approximate surface area is 198 Å². The third-order valence-corrected chi connectivity index (χ3v) is 6.61. The van der Waals surface area contributed by atoms with Crippen LogP contribution in [0, 0.1) is 0 Å². The fourth-order valence-electron chi connectivity index (χ4n) is 5.26. The molecule has 34 heavy (non-hydrogen) atoms. The van der Waals surface area contributed by atoms with Gasteiger partial charge in [0.05, 0.1) is 18.7 Å². The number of alkyl carbamates (subject to hydrolysis) is 1. The standard InChI is InChI=1S/C26H30N2O6/c1-26(2,3)34-24(30)27-20-12-28(22-21(29)14-32-23(20)22)25(31)33-13-19-17-10-6-4-8-15(17)16-9-5-7-11-18(16)19/h4-11,19-23,29H,12-14H2,1-3H3,(H,27,30)/t20-,21-,22+,23+/m0/s1. The summed E-state index contributed by atoms with van der Waals surface area (Å²) in [7, 11) is 0. The van der Waals surface area contributed by atoms with Gasteiger partial charge in [-0.05, 0) is 43.0 Å². The van der Waals surface area contributed by atoms with Gasteiger partial charge < -0.3 is 24.6 Å². The summed E-state index contributed by atoms with van der Waals surface area (Å²) in [6.07, 6.45) is -2.50. The molecule has 2 N–H and O–H groups in total. The highest BCUT2D eigenvalue weighted by atomic mass is 16.6. The lowest BCUT2D eigenvalue weighted by Crippen LogP contribution is -2.46. The van der Waals surface area contributed by atoms with Crippen molar-refractivity contribution in [1.29, 1.82) is 0 Å². The van der Waals surface area contributed by atoms with Crippen LogP contribution in [0.5, 0.6) is 0 Å². The highest BCUT2D eigenvalue weighted by Crippen LogP contribution is 2.44. The van der Waals surface area contributed by atoms with Crippen LogP contribution < -0.4 is 5.32 Å². The number of nitrogens with zero attached hydrogens (tertiary/aromatic N) is 1. The van der Waals surface area contributed by atoms with Crippen molar-refractivity contribution in [2.45, 2.75) is 56.6 Å². The summed E-state index contributed by atoms with van der Waals surface area (Å²) in [5.74, 6) is -0.0600. The number of fused-ring (bicyclic) bond motifs is 4. The van der Waals surface area contributed by atoms with Gasteiger partial charge in [0.15, 0.2) is 0 Å². The predicted molar refractivity (Wildman–Crippen MR) is 124 cm³/mol. The Hall–Kier alpha value is -3.10. The predicted octanol–water partition coefficient (Wildman–Crippen LogP) is 3.27. The second kappa shape index (κ2) is 8.60. The average Bonchev–Trinajstić information content (AvgIpc) is 3.43. The Morgan fingerprint density at radius 1 is 1.09 bits per heavy atom. The van der Waals surface area contributed by atoms with Crippen molar-refractivity contribution in [3.05, 3.63) is 59.7 Å². The molecule has 0 aromatic heterocycles. The minimum atomic E-state index is -0.851. The summed E-state index contributed by atoms with van der Waals surface area (Å²) in [6.45, 7) is 5.79. The van der Waals surface area contributed by atoms with Gasteiger partial charge in [-0.3, -0.25) is 4.90 Å². The molecule has 2 aromatic carbocycles. The smallest absolute Gasteiger partial charge is 0.410 e. The van der Waals surface area contributed by atoms with Crippen LogP contribution in [-0.4, -0.2) is 71.8 Å². The van der Waals surface area contributed by atoms with Crippen LogP contribution >= 0.6 is 0 Å². The summed E-state index contributed by atoms with van der Waals surface area (Å²) < 4.78 is 16.9. The SMILES string of the molecule is CC(C)(C)OC(=O)N[C@H]1CN(C(=O)OCC2c3ccccc3-c3ccccc32)[C@H]2[C@@H]1OC[C@@H]2O. The Kier molecular flexibility index (Phi) is 5.73. The van der Waals surface area contributed by atoms with Crippen molar-refractivity contribution in [2.24, 2.45) is 0 Å². The van der Waals surface area contributed by atoms with E-state index in [0.29, 0.717) is 0 Å². The zero-order valence-electron chi connectivity index (χ0n) is 19.6. The molecule has 3 aliphatic rings. The number of aliphatic hydroxyl groups is 1. The third-order valence-electron chi connectivity index (χ3n) is 6.61. The molecule has 0 saturated carbocycles. The van der Waals surface area contributed by atoms with Crippen LogP contribution in [0.4, 0.5) is 9.59 Å². The number of carbonyl (C=O) groups excluding carboxylic acids is 2. The first-order valence-electron chi connectivity index (χ1n) is 11.6. The number of hydrogen-bond donors (Lipinski definition) is 2. The summed E-state index contributed by atoms with van der Waals surface area (Å²) >= 11 is 0. The molecule has 5 rings (SSSR count). The molecule has 8 heteroatoms. The van der Waals surface area contributed by atoms with E-state index in [2.05, 4.69) is 29.6 Å². The van der Waals surface area contributed by atoms with Crippen LogP contribution in [0.1, 0.15) is 37.8 Å². The van der Waals surface area contributed by atoms with Gasteiger partial charge in [0, 0.05) is 12.5 Å². The van der Waals surface area contributed by atoms with Crippen LogP contribution in [0.2, 0.25) is 0 Å². The van der Waals surface area contributed by atoms with Gasteiger partial charge in [0.2, 0.25) is 0 Å². The Balaban J connectivity index is 1.29. The molecule has 4 atom stereocenters. The molecule has 0 unspecified atom stereocenters. The molecule has 2 aliphatic heterocycles. The summed E-state index contributed by atoms with van der Waals surface area (Å²) in [5, 5.41) is 13.3. The van der Waals surface area contributed by atoms with Gasteiger partial charge in [0.25, 0.3) is 0 Å². The molecule has 0 spiro atoms. The molecule has 0 bridgehead atoms. The molecule has 2 amide bonds. The summed E-state index contributed by atoms with van der Waals surface area (Å²) in [4.78, 5) is 26.9. The minimum Gasteiger partial charge on any atom is -0.448 e. The number of carbonyl (C=O) groups is 2. The monoisotopic (exact) mass is 466 g/mol. The molecular formula is C26H30N2O6. The van der Waals surface area contributed by atoms with Crippen molar-refractivity contribution in [3.8, 4) is 11.1 Å². The average molecular weight is 467 g/mol. The lowest BCUT2D eigenvalue weighted by molar-refractivity contribution is 0.0384. The molecule has 1 aliphatic carbocycles. The van der Waals surface area contributed by atoms with E-state index >= 15 is 0 Å². The van der Waals surface area contributed by atoms with Gasteiger partial charge in [-0.15, -0.1) is 0 Å². The second-order valence-electron chi connectivity index (χ2n) is 10.1. The number of hydrogen-bond acceptors (Lipinski definition) is 6. The van der Waals surface area contributed by atoms with Crippen molar-refractivity contribution >= 4 is 12.2 Å². The fraction of sp³-hybridized carbons (Fsp3) is 0.462. The minimum absolute atomic E-state index is 0.0600. The van der Waals surface area contributed by atoms with E-state index in [1.807, 2.05) is 24.3 Å². The van der Waals surface area contributed by atoms with Gasteiger partial charge in [0.1, 0.15) is 24.4 Å². The normalized spacial score (nSPS) is 25.5. The van der Waals surface area contributed by atoms with E-state index in [9.17, 15) is 14.7 Å². The van der Waals surface area contributed by atoms with E-state index in [-0.39, 0.29) is 25.7 Å². The molecule has 2 aromatic rings. The lowest BCUT2D eigenvalue weighted by atomic mass is 9.98. The molecular weight excluding hydrogens is 436 g/mol. The Morgan fingerprint density at radius 3 is 2.32 bits per heavy atom. The fourth-order valence-corrected chi connectivity index (χ4v) is 5.26. The van der Waals surface area contributed by atoms with Crippen LogP contribution in [0.3, 0.4) is 0 Å². The number of amides is 2. The lowest BCUT2D eigenvalue weighted by Gasteiger charge is -2.25. The maximum absolute atomic E-state index is 13.2. The van der Waals surface area contributed by atoms with E-state index < -0.39 is 42.1 Å². The molecule has 0 radical (unpaired) electrons. The van der Waals surface area contributed by atoms with Crippen molar-refractivity contribution in [1.82, 2.24) is 10.2 Å². The van der Waals surface area contributed by atoms with Crippen molar-refractivity contribution in [3.63, 3.8) is 0 Å². The largest absolute Gasteiger partial charge is 0.448 e. The highest BCUT2D eigenvalue weighted by Gasteiger charge is 2.53. The number of ether oxygens (including phenoxy) is 3. The highest BCUT2D eigenvalue weighted by molar-refractivity contribution is 5.79. The second-order valence-corrected chi connectivity index (χ2v) is 10.1. The van der Waals surface area contributed by atoms with Gasteiger partial charge >= 0.3 is 12.2 Å². The number of aliphatic hydroxyl groups excluding tert-OH is 1. The third kappa shape index (κ3) is 4.12. The van der Waals surface area contributed by atoms with Crippen molar-refractivity contribution < 1.29 is 28.9 Å². The zero-order chi connectivity index (χ0) is 24.0. The van der Waals surface area contributed by atoms with Gasteiger partial charge in [-0.1, -0.05) is 48.5 Å². The van der Waals surface area contributed by atoms with E-state index in [4.69, 9.17) is 14.2 Å². The van der Waals surface area contributed by atoms with E-state index in [0.717, 1.165) is 22.3 Å². The topological polar surface area (TPSA) is 97.3 Å². The van der Waals surface area contributed by atoms with Crippen LogP contribution in [0.15, 0.2) is 48.5 Å². The number of likely N-dealkylation sites (tertiary alicyclic amines) is 1. The maximum Gasteiger partial charge on any atom is 0.410 e. The van der Waals surface area contributed by atoms with Gasteiger partial charge in [-0.25, -0.2) is 9.59 Å². The number of benzene rings is 2. The first kappa shape index (κ1) is 22.7. The Bertz CT molecular complexity index is 1050. The van der Waals surface area contributed by atoms with Gasteiger partial charge in [-0.2, -0.15) is 0 Å². The molecule has 2 heterocycles. The van der Waals surface area contributed by atoms with Crippen LogP contribution in [0.25, 0.3) is 11.1 Å². The summed E-state index contributed by atoms with van der Waals surface area (Å²) in [6, 6.07) is 15.2. The quantitative estimate of drug-likeness (QED) is 0.721. The Morgan fingerprint density at radius 2 is 1.71 bits per heavy atom. The number of nitrogens with one attached hydrogen (secondary N) is 1. The maximum atomic E-state index is 13.2. The zero-order valence-corrected chi connectivity index (χ0v) is 19.6. The first-order chi connectivity index (χ1) is 16.2. The summed E-state index contributed by atoms with van der Waals surface area (Å²) in [5.41, 5.74) is 3.92. The van der Waals surface area contributed by atoms with E-state index in [1.54, 1.807) is 20.8 Å². The van der Waals surface area contributed by atoms with Crippen LogP contribution in [-0.2, 0) is 14.2 Å². The van der Waals surface area contributed by atoms with E-state index in [1.165, 1.54) is 4.90 Å². The number of rotatable bonds is 3. The van der Waals surface area contributed by atoms with Crippen molar-refractivity contribution in [2.75, 3.05) is 19.8 Å².